The number of hydrogen-bond acceptors (Lipinski definition) is 5. The molecule has 0 fully saturated rings. The van der Waals surface area contributed by atoms with Crippen molar-refractivity contribution in [2.24, 2.45) is 7.05 Å². The van der Waals surface area contributed by atoms with E-state index in [1.54, 1.807) is 13.1 Å². The molecule has 0 saturated heterocycles. The van der Waals surface area contributed by atoms with Crippen molar-refractivity contribution >= 4 is 44.8 Å². The van der Waals surface area contributed by atoms with Gasteiger partial charge in [0.2, 0.25) is 0 Å². The number of H-pyrrole nitrogens is 1. The topological polar surface area (TPSA) is 67.8 Å². The van der Waals surface area contributed by atoms with E-state index in [0.717, 1.165) is 3.79 Å². The average Bonchev–Trinajstić information content (AvgIpc) is 2.86. The van der Waals surface area contributed by atoms with Gasteiger partial charge in [0.25, 0.3) is 0 Å². The van der Waals surface area contributed by atoms with Crippen LogP contribution in [0.1, 0.15) is 9.67 Å². The summed E-state index contributed by atoms with van der Waals surface area (Å²) < 4.78 is 2.31. The highest BCUT2D eigenvalue weighted by molar-refractivity contribution is 9.11. The van der Waals surface area contributed by atoms with E-state index in [4.69, 9.17) is 0 Å². The molecular weight excluding hydrogens is 326 g/mol. The van der Waals surface area contributed by atoms with Crippen molar-refractivity contribution in [2.75, 3.05) is 5.75 Å². The predicted octanol–water partition coefficient (Wildman–Crippen LogP) is 1.91. The number of halogens is 1. The lowest BCUT2D eigenvalue weighted by Gasteiger charge is -1.97. The summed E-state index contributed by atoms with van der Waals surface area (Å²) in [7, 11) is 1.61. The maximum atomic E-state index is 11.8. The number of hydrogen-bond donors (Lipinski definition) is 1. The standard InChI is InChI=1S/C9H8BrN3O2S2/c1-13-8(15)11-12-9(13)16-4-5(14)6-2-3-7(10)17-6/h2-3H,4H2,1H3,(H,11,15). The number of carbonyl (C=O) groups excluding carboxylic acids is 1. The molecule has 0 aliphatic carbocycles. The van der Waals surface area contributed by atoms with Crippen LogP contribution < -0.4 is 5.69 Å². The molecule has 0 saturated carbocycles. The van der Waals surface area contributed by atoms with Gasteiger partial charge in [0.05, 0.1) is 14.4 Å². The van der Waals surface area contributed by atoms with E-state index in [0.29, 0.717) is 10.0 Å². The number of aromatic nitrogens is 3. The van der Waals surface area contributed by atoms with E-state index in [1.165, 1.54) is 27.7 Å². The van der Waals surface area contributed by atoms with Crippen LogP contribution in [0.25, 0.3) is 0 Å². The van der Waals surface area contributed by atoms with Crippen LogP contribution in [0.15, 0.2) is 25.9 Å². The molecule has 0 atom stereocenters. The summed E-state index contributed by atoms with van der Waals surface area (Å²) in [5.41, 5.74) is -0.279. The molecule has 0 aliphatic heterocycles. The number of thiophene rings is 1. The van der Waals surface area contributed by atoms with Crippen LogP contribution in [0, 0.1) is 0 Å². The highest BCUT2D eigenvalue weighted by atomic mass is 79.9. The summed E-state index contributed by atoms with van der Waals surface area (Å²) >= 11 is 5.95. The van der Waals surface area contributed by atoms with Crippen LogP contribution in [0.4, 0.5) is 0 Å². The summed E-state index contributed by atoms with van der Waals surface area (Å²) in [6.07, 6.45) is 0. The van der Waals surface area contributed by atoms with Crippen LogP contribution in [0.3, 0.4) is 0 Å². The fraction of sp³-hybridized carbons (Fsp3) is 0.222. The minimum Gasteiger partial charge on any atom is -0.292 e. The first kappa shape index (κ1) is 12.6. The Labute approximate surface area is 113 Å². The molecule has 0 spiro atoms. The molecule has 90 valence electrons. The molecule has 2 heterocycles. The Morgan fingerprint density at radius 2 is 2.41 bits per heavy atom. The van der Waals surface area contributed by atoms with Crippen molar-refractivity contribution in [2.45, 2.75) is 5.16 Å². The molecule has 5 nitrogen and oxygen atoms in total. The van der Waals surface area contributed by atoms with Crippen LogP contribution in [-0.2, 0) is 7.05 Å². The summed E-state index contributed by atoms with van der Waals surface area (Å²) in [5, 5.41) is 6.65. The Kier molecular flexibility index (Phi) is 3.85. The highest BCUT2D eigenvalue weighted by Gasteiger charge is 2.12. The third-order valence-corrected chi connectivity index (χ3v) is 4.71. The molecular formula is C9H8BrN3O2S2. The molecule has 2 aromatic rings. The first-order chi connectivity index (χ1) is 8.08. The van der Waals surface area contributed by atoms with Gasteiger partial charge in [-0.3, -0.25) is 9.36 Å². The number of rotatable bonds is 4. The monoisotopic (exact) mass is 333 g/mol. The third-order valence-electron chi connectivity index (χ3n) is 2.02. The zero-order valence-electron chi connectivity index (χ0n) is 8.77. The van der Waals surface area contributed by atoms with Crippen molar-refractivity contribution in [1.82, 2.24) is 14.8 Å². The van der Waals surface area contributed by atoms with Gasteiger partial charge in [-0.25, -0.2) is 9.89 Å². The molecule has 0 amide bonds. The Bertz CT molecular complexity index is 601. The van der Waals surface area contributed by atoms with Crippen LogP contribution in [0.2, 0.25) is 0 Å². The summed E-state index contributed by atoms with van der Waals surface area (Å²) in [6.45, 7) is 0. The lowest BCUT2D eigenvalue weighted by atomic mass is 10.4. The van der Waals surface area contributed by atoms with Crippen molar-refractivity contribution < 1.29 is 4.79 Å². The maximum Gasteiger partial charge on any atom is 0.343 e. The molecule has 17 heavy (non-hydrogen) atoms. The third kappa shape index (κ3) is 2.88. The zero-order valence-corrected chi connectivity index (χ0v) is 12.0. The zero-order chi connectivity index (χ0) is 12.4. The summed E-state index contributed by atoms with van der Waals surface area (Å²) in [6, 6.07) is 3.62. The van der Waals surface area contributed by atoms with Gasteiger partial charge in [-0.2, -0.15) is 0 Å². The van der Waals surface area contributed by atoms with Gasteiger partial charge in [-0.05, 0) is 28.1 Å². The summed E-state index contributed by atoms with van der Waals surface area (Å²) in [4.78, 5) is 23.6. The van der Waals surface area contributed by atoms with E-state index >= 15 is 0 Å². The van der Waals surface area contributed by atoms with E-state index in [1.807, 2.05) is 6.07 Å². The highest BCUT2D eigenvalue weighted by Crippen LogP contribution is 2.24. The number of Topliss-reactive ketones (excluding diaryl/α,β-unsaturated/α-hetero) is 1. The second-order valence-electron chi connectivity index (χ2n) is 3.19. The molecule has 0 bridgehead atoms. The lowest BCUT2D eigenvalue weighted by molar-refractivity contribution is 0.102. The number of thioether (sulfide) groups is 1. The van der Waals surface area contributed by atoms with Crippen molar-refractivity contribution in [1.29, 1.82) is 0 Å². The SMILES string of the molecule is Cn1c(SCC(=O)c2ccc(Br)s2)n[nH]c1=O. The Balaban J connectivity index is 2.01. The first-order valence-corrected chi connectivity index (χ1v) is 7.20. The van der Waals surface area contributed by atoms with Gasteiger partial charge >= 0.3 is 5.69 Å². The first-order valence-electron chi connectivity index (χ1n) is 4.60. The fourth-order valence-corrected chi connectivity index (χ4v) is 3.34. The normalized spacial score (nSPS) is 10.7. The van der Waals surface area contributed by atoms with Crippen LogP contribution in [0.5, 0.6) is 0 Å². The largest absolute Gasteiger partial charge is 0.343 e. The molecule has 2 rings (SSSR count). The Morgan fingerprint density at radius 1 is 1.65 bits per heavy atom. The molecule has 0 aromatic carbocycles. The van der Waals surface area contributed by atoms with Gasteiger partial charge < -0.3 is 0 Å². The number of carbonyl (C=O) groups is 1. The second kappa shape index (κ2) is 5.19. The maximum absolute atomic E-state index is 11.8. The van der Waals surface area contributed by atoms with E-state index in [2.05, 4.69) is 26.1 Å². The van der Waals surface area contributed by atoms with Gasteiger partial charge in [-0.1, -0.05) is 11.8 Å². The Morgan fingerprint density at radius 3 is 2.94 bits per heavy atom. The fourth-order valence-electron chi connectivity index (χ4n) is 1.13. The van der Waals surface area contributed by atoms with Crippen molar-refractivity contribution in [3.63, 3.8) is 0 Å². The molecule has 8 heteroatoms. The predicted molar refractivity (Wildman–Crippen MR) is 70.9 cm³/mol. The quantitative estimate of drug-likeness (QED) is 0.685. The lowest BCUT2D eigenvalue weighted by Crippen LogP contribution is -2.13. The molecule has 0 unspecified atom stereocenters. The van der Waals surface area contributed by atoms with Crippen LogP contribution in [-0.4, -0.2) is 26.3 Å². The van der Waals surface area contributed by atoms with Gasteiger partial charge in [-0.15, -0.1) is 16.4 Å². The van der Waals surface area contributed by atoms with Gasteiger partial charge in [0.15, 0.2) is 10.9 Å². The van der Waals surface area contributed by atoms with E-state index in [9.17, 15) is 9.59 Å². The minimum atomic E-state index is -0.279. The minimum absolute atomic E-state index is 0.0288. The van der Waals surface area contributed by atoms with Crippen molar-refractivity contribution in [3.05, 3.63) is 31.3 Å². The number of nitrogens with zero attached hydrogens (tertiary/aromatic N) is 2. The van der Waals surface area contributed by atoms with Gasteiger partial charge in [0.1, 0.15) is 0 Å². The average molecular weight is 334 g/mol. The van der Waals surface area contributed by atoms with Crippen LogP contribution >= 0.6 is 39.0 Å². The molecule has 2 aromatic heterocycles. The second-order valence-corrected chi connectivity index (χ2v) is 6.59. The number of aromatic amines is 1. The molecule has 0 aliphatic rings. The number of ketones is 1. The molecule has 1 N–H and O–H groups in total. The smallest absolute Gasteiger partial charge is 0.292 e. The van der Waals surface area contributed by atoms with E-state index < -0.39 is 0 Å². The van der Waals surface area contributed by atoms with Gasteiger partial charge in [0, 0.05) is 7.05 Å². The Hall–Kier alpha value is -0.860. The summed E-state index contributed by atoms with van der Waals surface area (Å²) in [5.74, 6) is 0.298. The van der Waals surface area contributed by atoms with Crippen molar-refractivity contribution in [3.8, 4) is 0 Å². The number of nitrogens with one attached hydrogen (secondary N) is 1. The van der Waals surface area contributed by atoms with E-state index in [-0.39, 0.29) is 17.2 Å². The molecule has 0 radical (unpaired) electrons.